The molecule has 0 saturated heterocycles. The van der Waals surface area contributed by atoms with Gasteiger partial charge in [-0.3, -0.25) is 14.4 Å². The van der Waals surface area contributed by atoms with Crippen LogP contribution in [0, 0.1) is 0 Å². The summed E-state index contributed by atoms with van der Waals surface area (Å²) >= 11 is 0. The molecule has 3 N–H and O–H groups in total. The highest BCUT2D eigenvalue weighted by Gasteiger charge is 2.23. The zero-order valence-electron chi connectivity index (χ0n) is 16.4. The lowest BCUT2D eigenvalue weighted by molar-refractivity contribution is -0.146. The molecule has 2 rings (SSSR count). The third kappa shape index (κ3) is 6.23. The van der Waals surface area contributed by atoms with Crippen molar-refractivity contribution < 1.29 is 19.1 Å². The zero-order valence-corrected chi connectivity index (χ0v) is 16.4. The maximum Gasteiger partial charge on any atom is 0.308 e. The van der Waals surface area contributed by atoms with Crippen LogP contribution in [0.25, 0.3) is 0 Å². The summed E-state index contributed by atoms with van der Waals surface area (Å²) in [5.41, 5.74) is 7.60. The van der Waals surface area contributed by atoms with Gasteiger partial charge in [-0.15, -0.1) is 0 Å². The molecular weight excluding hydrogens is 356 g/mol. The zero-order chi connectivity index (χ0) is 20.7. The van der Waals surface area contributed by atoms with E-state index in [-0.39, 0.29) is 18.4 Å². The normalized spacial score (nSPS) is 12.1. The molecule has 6 heteroatoms. The lowest BCUT2D eigenvalue weighted by Crippen LogP contribution is -2.45. The first-order valence-corrected chi connectivity index (χ1v) is 9.07. The smallest absolute Gasteiger partial charge is 0.308 e. The monoisotopic (exact) mass is 382 g/mol. The summed E-state index contributed by atoms with van der Waals surface area (Å²) in [7, 11) is 0. The van der Waals surface area contributed by atoms with Crippen LogP contribution in [0.15, 0.2) is 54.6 Å². The number of nitrogens with one attached hydrogen (secondary N) is 1. The second-order valence-electron chi connectivity index (χ2n) is 7.61. The molecule has 0 aliphatic carbocycles. The van der Waals surface area contributed by atoms with Gasteiger partial charge in [0.05, 0.1) is 6.42 Å². The van der Waals surface area contributed by atoms with Crippen molar-refractivity contribution in [1.29, 1.82) is 0 Å². The highest BCUT2D eigenvalue weighted by atomic mass is 16.5. The van der Waals surface area contributed by atoms with Crippen molar-refractivity contribution >= 4 is 17.8 Å². The highest BCUT2D eigenvalue weighted by Crippen LogP contribution is 2.22. The molecule has 0 heterocycles. The molecule has 0 saturated carbocycles. The highest BCUT2D eigenvalue weighted by molar-refractivity contribution is 5.98. The number of amides is 2. The predicted octanol–water partition coefficient (Wildman–Crippen LogP) is 2.70. The van der Waals surface area contributed by atoms with Gasteiger partial charge in [-0.05, 0) is 28.7 Å². The number of ether oxygens (including phenoxy) is 1. The minimum Gasteiger partial charge on any atom is -0.461 e. The topological polar surface area (TPSA) is 98.5 Å². The van der Waals surface area contributed by atoms with E-state index in [4.69, 9.17) is 10.5 Å². The molecule has 2 aromatic carbocycles. The first kappa shape index (κ1) is 21.2. The molecule has 0 bridgehead atoms. The van der Waals surface area contributed by atoms with Gasteiger partial charge in [-0.25, -0.2) is 0 Å². The van der Waals surface area contributed by atoms with Gasteiger partial charge < -0.3 is 15.8 Å². The van der Waals surface area contributed by atoms with Crippen molar-refractivity contribution in [1.82, 2.24) is 5.32 Å². The third-order valence-corrected chi connectivity index (χ3v) is 4.28. The molecule has 0 spiro atoms. The summed E-state index contributed by atoms with van der Waals surface area (Å²) in [5.74, 6) is -1.88. The SMILES string of the molecule is CC(C)(C)c1ccc(C(=O)N[C@H](CC(=O)OCc2ccccc2)C(N)=O)cc1. The summed E-state index contributed by atoms with van der Waals surface area (Å²) < 4.78 is 5.15. The van der Waals surface area contributed by atoms with Crippen molar-refractivity contribution in [2.45, 2.75) is 45.3 Å². The van der Waals surface area contributed by atoms with E-state index in [2.05, 4.69) is 26.1 Å². The van der Waals surface area contributed by atoms with Crippen LogP contribution in [-0.2, 0) is 26.3 Å². The summed E-state index contributed by atoms with van der Waals surface area (Å²) in [6.07, 6.45) is -0.325. The lowest BCUT2D eigenvalue weighted by atomic mass is 9.86. The Labute approximate surface area is 165 Å². The average molecular weight is 382 g/mol. The Balaban J connectivity index is 1.95. The number of hydrogen-bond donors (Lipinski definition) is 2. The fourth-order valence-electron chi connectivity index (χ4n) is 2.55. The van der Waals surface area contributed by atoms with Crippen molar-refractivity contribution in [2.75, 3.05) is 0 Å². The Morgan fingerprint density at radius 2 is 1.61 bits per heavy atom. The number of rotatable bonds is 7. The van der Waals surface area contributed by atoms with E-state index in [9.17, 15) is 14.4 Å². The van der Waals surface area contributed by atoms with E-state index in [0.29, 0.717) is 5.56 Å². The molecule has 0 aliphatic rings. The summed E-state index contributed by atoms with van der Waals surface area (Å²) in [5, 5.41) is 2.51. The number of primary amides is 1. The van der Waals surface area contributed by atoms with Crippen LogP contribution in [-0.4, -0.2) is 23.8 Å². The second kappa shape index (κ2) is 9.17. The van der Waals surface area contributed by atoms with Crippen LogP contribution in [0.4, 0.5) is 0 Å². The molecule has 0 aliphatic heterocycles. The average Bonchev–Trinajstić information content (AvgIpc) is 2.66. The van der Waals surface area contributed by atoms with Crippen molar-refractivity contribution in [3.05, 3.63) is 71.3 Å². The molecule has 1 atom stereocenters. The van der Waals surface area contributed by atoms with E-state index in [1.165, 1.54) is 0 Å². The Morgan fingerprint density at radius 1 is 1.00 bits per heavy atom. The Kier molecular flexibility index (Phi) is 6.93. The number of carbonyl (C=O) groups is 3. The molecule has 0 radical (unpaired) electrons. The van der Waals surface area contributed by atoms with Gasteiger partial charge in [0.15, 0.2) is 0 Å². The quantitative estimate of drug-likeness (QED) is 0.719. The maximum atomic E-state index is 12.4. The number of esters is 1. The van der Waals surface area contributed by atoms with Gasteiger partial charge in [-0.2, -0.15) is 0 Å². The molecule has 148 valence electrons. The van der Waals surface area contributed by atoms with E-state index in [1.54, 1.807) is 12.1 Å². The largest absolute Gasteiger partial charge is 0.461 e. The van der Waals surface area contributed by atoms with Crippen molar-refractivity contribution in [3.8, 4) is 0 Å². The minimum absolute atomic E-state index is 0.0344. The van der Waals surface area contributed by atoms with Gasteiger partial charge >= 0.3 is 5.97 Å². The van der Waals surface area contributed by atoms with E-state index < -0.39 is 23.8 Å². The minimum atomic E-state index is -1.14. The number of nitrogens with two attached hydrogens (primary N) is 1. The molecule has 6 nitrogen and oxygen atoms in total. The summed E-state index contributed by atoms with van der Waals surface area (Å²) in [6.45, 7) is 6.32. The first-order valence-electron chi connectivity index (χ1n) is 9.07. The van der Waals surface area contributed by atoms with Crippen LogP contribution >= 0.6 is 0 Å². The van der Waals surface area contributed by atoms with E-state index in [0.717, 1.165) is 11.1 Å². The second-order valence-corrected chi connectivity index (χ2v) is 7.61. The predicted molar refractivity (Wildman–Crippen MR) is 106 cm³/mol. The van der Waals surface area contributed by atoms with Crippen LogP contribution < -0.4 is 11.1 Å². The fraction of sp³-hybridized carbons (Fsp3) is 0.318. The standard InChI is InChI=1S/C22H26N2O4/c1-22(2,3)17-11-9-16(10-12-17)21(27)24-18(20(23)26)13-19(25)28-14-15-7-5-4-6-8-15/h4-12,18H,13-14H2,1-3H3,(H2,23,26)(H,24,27)/t18-/m1/s1. The van der Waals surface area contributed by atoms with Gasteiger partial charge in [0.1, 0.15) is 12.6 Å². The molecule has 0 unspecified atom stereocenters. The number of benzene rings is 2. The Hall–Kier alpha value is -3.15. The molecule has 28 heavy (non-hydrogen) atoms. The van der Waals surface area contributed by atoms with Gasteiger partial charge in [0.25, 0.3) is 5.91 Å². The Bertz CT molecular complexity index is 824. The molecule has 2 amide bonds. The van der Waals surface area contributed by atoms with Gasteiger partial charge in [0, 0.05) is 5.56 Å². The van der Waals surface area contributed by atoms with Crippen LogP contribution in [0.1, 0.15) is 48.7 Å². The number of hydrogen-bond acceptors (Lipinski definition) is 4. The molecule has 0 aromatic heterocycles. The Morgan fingerprint density at radius 3 is 2.14 bits per heavy atom. The first-order chi connectivity index (χ1) is 13.2. The van der Waals surface area contributed by atoms with Gasteiger partial charge in [0.2, 0.25) is 5.91 Å². The molecule has 2 aromatic rings. The van der Waals surface area contributed by atoms with Crippen LogP contribution in [0.5, 0.6) is 0 Å². The van der Waals surface area contributed by atoms with Crippen molar-refractivity contribution in [3.63, 3.8) is 0 Å². The van der Waals surface area contributed by atoms with E-state index in [1.807, 2.05) is 42.5 Å². The summed E-state index contributed by atoms with van der Waals surface area (Å²) in [6, 6.07) is 15.1. The van der Waals surface area contributed by atoms with Crippen LogP contribution in [0.3, 0.4) is 0 Å². The molecular formula is C22H26N2O4. The molecule has 0 fully saturated rings. The number of carbonyl (C=O) groups excluding carboxylic acids is 3. The summed E-state index contributed by atoms with van der Waals surface area (Å²) in [4.78, 5) is 36.1. The maximum absolute atomic E-state index is 12.4. The van der Waals surface area contributed by atoms with E-state index >= 15 is 0 Å². The van der Waals surface area contributed by atoms with Crippen molar-refractivity contribution in [2.24, 2.45) is 5.73 Å². The lowest BCUT2D eigenvalue weighted by Gasteiger charge is -2.19. The van der Waals surface area contributed by atoms with Gasteiger partial charge in [-0.1, -0.05) is 63.2 Å². The van der Waals surface area contributed by atoms with Crippen LogP contribution in [0.2, 0.25) is 0 Å². The fourth-order valence-corrected chi connectivity index (χ4v) is 2.55. The third-order valence-electron chi connectivity index (χ3n) is 4.28.